The molecule has 196 valence electrons. The molecular weight excluding hydrogens is 464 g/mol. The Bertz CT molecular complexity index is 1260. The van der Waals surface area contributed by atoms with Gasteiger partial charge in [-0.25, -0.2) is 0 Å². The number of ether oxygens (including phenoxy) is 3. The number of nitrogens with zero attached hydrogens (tertiary/aromatic N) is 2. The maximum absolute atomic E-state index is 6.41. The van der Waals surface area contributed by atoms with Crippen LogP contribution in [0.25, 0.3) is 11.1 Å². The largest absolute Gasteiger partial charge is 0.495 e. The maximum atomic E-state index is 6.41. The molecule has 0 bridgehead atoms. The minimum absolute atomic E-state index is 0.0911. The molecule has 0 saturated heterocycles. The molecule has 6 nitrogen and oxygen atoms in total. The van der Waals surface area contributed by atoms with E-state index in [9.17, 15) is 0 Å². The molecule has 4 rings (SSSR count). The summed E-state index contributed by atoms with van der Waals surface area (Å²) in [5, 5.41) is 4.18. The van der Waals surface area contributed by atoms with Crippen molar-refractivity contribution in [2.24, 2.45) is 0 Å². The normalized spacial score (nSPS) is 15.7. The summed E-state index contributed by atoms with van der Waals surface area (Å²) in [6.45, 7) is 12.0. The van der Waals surface area contributed by atoms with E-state index < -0.39 is 0 Å². The molecule has 0 N–H and O–H groups in total. The SMILES string of the molecule is CCCC1=CC(OCc2ccc(-c3ccccc3)c(COCC)c2)=C(OC)C(C)N1c1onc(C)c1C. The fourth-order valence-electron chi connectivity index (χ4n) is 4.76. The molecule has 0 fully saturated rings. The molecule has 0 spiro atoms. The van der Waals surface area contributed by atoms with Gasteiger partial charge in [-0.05, 0) is 62.4 Å². The zero-order chi connectivity index (χ0) is 26.4. The number of aromatic nitrogens is 1. The molecule has 2 heterocycles. The number of hydrogen-bond acceptors (Lipinski definition) is 6. The predicted molar refractivity (Wildman–Crippen MR) is 147 cm³/mol. The highest BCUT2D eigenvalue weighted by molar-refractivity contribution is 5.67. The van der Waals surface area contributed by atoms with Crippen LogP contribution in [0.3, 0.4) is 0 Å². The lowest BCUT2D eigenvalue weighted by Crippen LogP contribution is -2.38. The van der Waals surface area contributed by atoms with Crippen molar-refractivity contribution < 1.29 is 18.7 Å². The molecule has 1 aliphatic rings. The van der Waals surface area contributed by atoms with Crippen LogP contribution < -0.4 is 4.90 Å². The predicted octanol–water partition coefficient (Wildman–Crippen LogP) is 7.46. The minimum atomic E-state index is -0.0911. The Morgan fingerprint density at radius 2 is 1.81 bits per heavy atom. The molecule has 3 aromatic rings. The molecule has 1 atom stereocenters. The van der Waals surface area contributed by atoms with E-state index in [1.165, 1.54) is 11.1 Å². The molecule has 1 aliphatic heterocycles. The second-order valence-electron chi connectivity index (χ2n) is 9.35. The Balaban J connectivity index is 1.61. The summed E-state index contributed by atoms with van der Waals surface area (Å²) in [5.41, 5.74) is 7.65. The van der Waals surface area contributed by atoms with Crippen LogP contribution in [0.15, 0.2) is 76.3 Å². The summed E-state index contributed by atoms with van der Waals surface area (Å²) in [4.78, 5) is 2.18. The van der Waals surface area contributed by atoms with Gasteiger partial charge in [0.05, 0.1) is 25.5 Å². The number of rotatable bonds is 11. The standard InChI is InChI=1S/C31H38N2O4/c1-7-12-27-18-29(30(34-6)23(5)33(27)31-21(3)22(4)32-37-31)36-19-24-15-16-28(25-13-10-9-11-14-25)26(17-24)20-35-8-2/h9-11,13-18,23H,7-8,12,19-20H2,1-6H3. The van der Waals surface area contributed by atoms with E-state index in [1.807, 2.05) is 26.8 Å². The monoisotopic (exact) mass is 502 g/mol. The molecule has 1 aromatic heterocycles. The molecule has 0 radical (unpaired) electrons. The van der Waals surface area contributed by atoms with Crippen molar-refractivity contribution in [3.05, 3.63) is 94.2 Å². The average Bonchev–Trinajstić information content (AvgIpc) is 3.24. The molecular formula is C31H38N2O4. The van der Waals surface area contributed by atoms with Crippen LogP contribution in [0.4, 0.5) is 5.88 Å². The van der Waals surface area contributed by atoms with Crippen molar-refractivity contribution >= 4 is 5.88 Å². The van der Waals surface area contributed by atoms with Crippen LogP contribution >= 0.6 is 0 Å². The fourth-order valence-corrected chi connectivity index (χ4v) is 4.76. The van der Waals surface area contributed by atoms with Gasteiger partial charge in [0.2, 0.25) is 5.88 Å². The topological polar surface area (TPSA) is 57.0 Å². The summed E-state index contributed by atoms with van der Waals surface area (Å²) in [5.74, 6) is 2.28. The van der Waals surface area contributed by atoms with Crippen LogP contribution in [0.1, 0.15) is 56.0 Å². The third kappa shape index (κ3) is 5.75. The van der Waals surface area contributed by atoms with E-state index in [2.05, 4.69) is 72.4 Å². The third-order valence-electron chi connectivity index (χ3n) is 6.80. The first-order valence-electron chi connectivity index (χ1n) is 13.1. The average molecular weight is 503 g/mol. The molecule has 1 unspecified atom stereocenters. The van der Waals surface area contributed by atoms with Crippen LogP contribution in [-0.2, 0) is 27.4 Å². The second-order valence-corrected chi connectivity index (χ2v) is 9.35. The number of hydrogen-bond donors (Lipinski definition) is 0. The zero-order valence-electron chi connectivity index (χ0n) is 22.8. The molecule has 6 heteroatoms. The van der Waals surface area contributed by atoms with Crippen molar-refractivity contribution in [1.82, 2.24) is 5.16 Å². The molecule has 0 saturated carbocycles. The Morgan fingerprint density at radius 3 is 2.46 bits per heavy atom. The van der Waals surface area contributed by atoms with E-state index in [0.717, 1.165) is 58.3 Å². The van der Waals surface area contributed by atoms with Gasteiger partial charge in [-0.15, -0.1) is 0 Å². The fraction of sp³-hybridized carbons (Fsp3) is 0.387. The van der Waals surface area contributed by atoms with E-state index in [0.29, 0.717) is 19.8 Å². The van der Waals surface area contributed by atoms with Crippen LogP contribution in [0, 0.1) is 13.8 Å². The van der Waals surface area contributed by atoms with Gasteiger partial charge < -0.3 is 23.6 Å². The highest BCUT2D eigenvalue weighted by Gasteiger charge is 2.33. The van der Waals surface area contributed by atoms with Crippen molar-refractivity contribution in [1.29, 1.82) is 0 Å². The van der Waals surface area contributed by atoms with E-state index in [1.54, 1.807) is 7.11 Å². The van der Waals surface area contributed by atoms with Gasteiger partial charge >= 0.3 is 0 Å². The van der Waals surface area contributed by atoms with Crippen molar-refractivity contribution in [3.63, 3.8) is 0 Å². The summed E-state index contributed by atoms with van der Waals surface area (Å²) in [6, 6.07) is 16.8. The quantitative estimate of drug-likeness (QED) is 0.271. The minimum Gasteiger partial charge on any atom is -0.495 e. The Labute approximate surface area is 220 Å². The first-order valence-corrected chi connectivity index (χ1v) is 13.1. The van der Waals surface area contributed by atoms with Gasteiger partial charge in [-0.2, -0.15) is 0 Å². The Hall–Kier alpha value is -3.51. The van der Waals surface area contributed by atoms with E-state index >= 15 is 0 Å². The lowest BCUT2D eigenvalue weighted by Gasteiger charge is -2.36. The van der Waals surface area contributed by atoms with Crippen LogP contribution in [0.5, 0.6) is 0 Å². The molecule has 0 aliphatic carbocycles. The first kappa shape index (κ1) is 26.6. The second kappa shape index (κ2) is 12.2. The maximum Gasteiger partial charge on any atom is 0.235 e. The van der Waals surface area contributed by atoms with Crippen LogP contribution in [-0.4, -0.2) is 24.9 Å². The van der Waals surface area contributed by atoms with Gasteiger partial charge in [0.1, 0.15) is 6.61 Å². The van der Waals surface area contributed by atoms with Crippen molar-refractivity contribution in [2.45, 2.75) is 66.7 Å². The highest BCUT2D eigenvalue weighted by atomic mass is 16.5. The molecule has 37 heavy (non-hydrogen) atoms. The first-order chi connectivity index (χ1) is 18.0. The lowest BCUT2D eigenvalue weighted by atomic mass is 9.98. The van der Waals surface area contributed by atoms with Gasteiger partial charge in [0.25, 0.3) is 0 Å². The smallest absolute Gasteiger partial charge is 0.235 e. The van der Waals surface area contributed by atoms with E-state index in [4.69, 9.17) is 18.7 Å². The van der Waals surface area contributed by atoms with Gasteiger partial charge in [-0.3, -0.25) is 0 Å². The van der Waals surface area contributed by atoms with Crippen LogP contribution in [0.2, 0.25) is 0 Å². The lowest BCUT2D eigenvalue weighted by molar-refractivity contribution is 0.134. The highest BCUT2D eigenvalue weighted by Crippen LogP contribution is 2.37. The van der Waals surface area contributed by atoms with Gasteiger partial charge in [0, 0.05) is 23.9 Å². The van der Waals surface area contributed by atoms with E-state index in [-0.39, 0.29) is 6.04 Å². The van der Waals surface area contributed by atoms with Gasteiger partial charge in [-0.1, -0.05) is 61.0 Å². The van der Waals surface area contributed by atoms with Crippen molar-refractivity contribution in [3.8, 4) is 11.1 Å². The zero-order valence-corrected chi connectivity index (χ0v) is 22.8. The summed E-state index contributed by atoms with van der Waals surface area (Å²) < 4.78 is 23.8. The Kier molecular flexibility index (Phi) is 8.72. The van der Waals surface area contributed by atoms with Crippen molar-refractivity contribution in [2.75, 3.05) is 18.6 Å². The summed E-state index contributed by atoms with van der Waals surface area (Å²) in [6.07, 6.45) is 3.97. The number of benzene rings is 2. The third-order valence-corrected chi connectivity index (χ3v) is 6.80. The summed E-state index contributed by atoms with van der Waals surface area (Å²) in [7, 11) is 1.69. The number of aryl methyl sites for hydroxylation is 1. The van der Waals surface area contributed by atoms with Gasteiger partial charge in [0.15, 0.2) is 11.5 Å². The molecule has 0 amide bonds. The number of allylic oxidation sites excluding steroid dienone is 2. The molecule has 2 aromatic carbocycles. The number of methoxy groups -OCH3 is 1. The Morgan fingerprint density at radius 1 is 1.03 bits per heavy atom. The number of anilines is 1. The summed E-state index contributed by atoms with van der Waals surface area (Å²) >= 11 is 0.